The lowest BCUT2D eigenvalue weighted by Crippen LogP contribution is -2.54. The number of carboxylic acid groups (broad SMARTS) is 1. The minimum atomic E-state index is -1.14. The van der Waals surface area contributed by atoms with Gasteiger partial charge in [0.2, 0.25) is 0 Å². The van der Waals surface area contributed by atoms with E-state index < -0.39 is 24.4 Å². The van der Waals surface area contributed by atoms with Gasteiger partial charge in [0.15, 0.2) is 11.7 Å². The molecule has 2 amide bonds. The molecular weight excluding hydrogens is 484 g/mol. The summed E-state index contributed by atoms with van der Waals surface area (Å²) in [6.07, 6.45) is 1.37. The molecule has 1 fully saturated rings. The molecule has 0 aliphatic carbocycles. The van der Waals surface area contributed by atoms with Gasteiger partial charge in [0.1, 0.15) is 11.3 Å². The SMILES string of the molecule is O=C(O)COc1ccc(/C=C2\C(=O)NC(=S)N(c3ccc(Br)cc3)C2=O)cc1Cl. The molecule has 0 atom stereocenters. The molecule has 1 heterocycles. The Bertz CT molecular complexity index is 1060. The molecule has 0 saturated carbocycles. The number of halogens is 2. The van der Waals surface area contributed by atoms with Gasteiger partial charge >= 0.3 is 5.97 Å². The third-order valence-corrected chi connectivity index (χ3v) is 4.91. The number of nitrogens with zero attached hydrogens (tertiary/aromatic N) is 1. The zero-order chi connectivity index (χ0) is 21.1. The van der Waals surface area contributed by atoms with Crippen molar-refractivity contribution in [3.8, 4) is 5.75 Å². The van der Waals surface area contributed by atoms with Gasteiger partial charge in [-0.3, -0.25) is 19.8 Å². The number of thiocarbonyl (C=S) groups is 1. The van der Waals surface area contributed by atoms with Crippen LogP contribution in [0.2, 0.25) is 5.02 Å². The number of benzene rings is 2. The number of rotatable bonds is 5. The van der Waals surface area contributed by atoms with Crippen LogP contribution in [0.5, 0.6) is 5.75 Å². The Labute approximate surface area is 184 Å². The van der Waals surface area contributed by atoms with E-state index in [0.717, 1.165) is 4.47 Å². The van der Waals surface area contributed by atoms with Gasteiger partial charge in [0.25, 0.3) is 11.8 Å². The van der Waals surface area contributed by atoms with E-state index in [0.29, 0.717) is 11.3 Å². The molecule has 2 aromatic rings. The van der Waals surface area contributed by atoms with Gasteiger partial charge in [-0.25, -0.2) is 4.79 Å². The van der Waals surface area contributed by atoms with Crippen molar-refractivity contribution in [1.82, 2.24) is 5.32 Å². The van der Waals surface area contributed by atoms with E-state index in [1.807, 2.05) is 0 Å². The lowest BCUT2D eigenvalue weighted by atomic mass is 10.1. The molecule has 1 aliphatic rings. The summed E-state index contributed by atoms with van der Waals surface area (Å²) in [5.41, 5.74) is 0.834. The second kappa shape index (κ2) is 8.73. The van der Waals surface area contributed by atoms with Crippen molar-refractivity contribution in [3.05, 3.63) is 63.1 Å². The fourth-order valence-corrected chi connectivity index (χ4v) is 3.30. The highest BCUT2D eigenvalue weighted by Crippen LogP contribution is 2.28. The molecular formula is C19H12BrClN2O5S. The quantitative estimate of drug-likeness (QED) is 0.375. The first-order valence-electron chi connectivity index (χ1n) is 8.07. The first kappa shape index (κ1) is 21.0. The standard InChI is InChI=1S/C19H12BrClN2O5S/c20-11-2-4-12(5-3-11)23-18(27)13(17(26)22-19(23)29)7-10-1-6-15(14(21)8-10)28-9-16(24)25/h1-8H,9H2,(H,24,25)(H,22,26,29)/b13-7+. The second-order valence-corrected chi connectivity index (χ2v) is 7.52. The summed E-state index contributed by atoms with van der Waals surface area (Å²) in [5, 5.41) is 11.3. The van der Waals surface area contributed by atoms with Crippen LogP contribution < -0.4 is 15.0 Å². The number of ether oxygens (including phenoxy) is 1. The summed E-state index contributed by atoms with van der Waals surface area (Å²) in [5.74, 6) is -2.17. The van der Waals surface area contributed by atoms with Gasteiger partial charge in [-0.1, -0.05) is 33.6 Å². The minimum Gasteiger partial charge on any atom is -0.480 e. The van der Waals surface area contributed by atoms with Crippen LogP contribution in [-0.4, -0.2) is 34.6 Å². The molecule has 0 bridgehead atoms. The van der Waals surface area contributed by atoms with Crippen LogP contribution in [0.1, 0.15) is 5.56 Å². The zero-order valence-electron chi connectivity index (χ0n) is 14.5. The molecule has 1 aliphatic heterocycles. The van der Waals surface area contributed by atoms with Gasteiger partial charge in [0.05, 0.1) is 10.7 Å². The van der Waals surface area contributed by atoms with E-state index in [9.17, 15) is 14.4 Å². The van der Waals surface area contributed by atoms with Crippen LogP contribution in [0.25, 0.3) is 6.08 Å². The normalized spacial score (nSPS) is 15.4. The van der Waals surface area contributed by atoms with Crippen molar-refractivity contribution in [2.24, 2.45) is 0 Å². The third kappa shape index (κ3) is 4.81. The number of aliphatic carboxylic acids is 1. The van der Waals surface area contributed by atoms with Crippen LogP contribution in [0.15, 0.2) is 52.5 Å². The molecule has 0 spiro atoms. The predicted octanol–water partition coefficient (Wildman–Crippen LogP) is 3.40. The Kier molecular flexibility index (Phi) is 6.31. The molecule has 2 N–H and O–H groups in total. The largest absolute Gasteiger partial charge is 0.480 e. The lowest BCUT2D eigenvalue weighted by Gasteiger charge is -2.29. The maximum atomic E-state index is 12.9. The number of amides is 2. The summed E-state index contributed by atoms with van der Waals surface area (Å²) in [7, 11) is 0. The minimum absolute atomic E-state index is 0.0186. The van der Waals surface area contributed by atoms with E-state index in [1.165, 1.54) is 23.1 Å². The third-order valence-electron chi connectivity index (χ3n) is 3.80. The maximum absolute atomic E-state index is 12.9. The molecule has 3 rings (SSSR count). The molecule has 148 valence electrons. The Morgan fingerprint density at radius 1 is 1.24 bits per heavy atom. The monoisotopic (exact) mass is 494 g/mol. The number of nitrogens with one attached hydrogen (secondary N) is 1. The summed E-state index contributed by atoms with van der Waals surface area (Å²) in [6.45, 7) is -0.541. The highest BCUT2D eigenvalue weighted by atomic mass is 79.9. The zero-order valence-corrected chi connectivity index (χ0v) is 17.7. The molecule has 0 unspecified atom stereocenters. The number of carboxylic acids is 1. The maximum Gasteiger partial charge on any atom is 0.341 e. The van der Waals surface area contributed by atoms with Crippen LogP contribution in [0, 0.1) is 0 Å². The molecule has 10 heteroatoms. The van der Waals surface area contributed by atoms with Crippen molar-refractivity contribution in [3.63, 3.8) is 0 Å². The molecule has 0 aromatic heterocycles. The van der Waals surface area contributed by atoms with Crippen LogP contribution in [0.4, 0.5) is 5.69 Å². The highest BCUT2D eigenvalue weighted by Gasteiger charge is 2.34. The number of anilines is 1. The Morgan fingerprint density at radius 2 is 1.93 bits per heavy atom. The average molecular weight is 496 g/mol. The van der Waals surface area contributed by atoms with Crippen molar-refractivity contribution in [2.75, 3.05) is 11.5 Å². The molecule has 7 nitrogen and oxygen atoms in total. The van der Waals surface area contributed by atoms with E-state index in [-0.39, 0.29) is 21.5 Å². The first-order valence-corrected chi connectivity index (χ1v) is 9.65. The summed E-state index contributed by atoms with van der Waals surface area (Å²) < 4.78 is 5.89. The fourth-order valence-electron chi connectivity index (χ4n) is 2.51. The van der Waals surface area contributed by atoms with Crippen LogP contribution in [0.3, 0.4) is 0 Å². The van der Waals surface area contributed by atoms with E-state index in [1.54, 1.807) is 30.3 Å². The Balaban J connectivity index is 1.91. The van der Waals surface area contributed by atoms with Gasteiger partial charge in [0, 0.05) is 4.47 Å². The summed E-state index contributed by atoms with van der Waals surface area (Å²) in [4.78, 5) is 37.1. The number of hydrogen-bond donors (Lipinski definition) is 2. The van der Waals surface area contributed by atoms with E-state index >= 15 is 0 Å². The summed E-state index contributed by atoms with van der Waals surface area (Å²) in [6, 6.07) is 11.3. The Hall–Kier alpha value is -2.75. The molecule has 2 aromatic carbocycles. The topological polar surface area (TPSA) is 95.9 Å². The van der Waals surface area contributed by atoms with Crippen molar-refractivity contribution in [1.29, 1.82) is 0 Å². The van der Waals surface area contributed by atoms with Gasteiger partial charge in [-0.05, 0) is 60.3 Å². The average Bonchev–Trinajstić information content (AvgIpc) is 2.65. The Morgan fingerprint density at radius 3 is 2.55 bits per heavy atom. The van der Waals surface area contributed by atoms with Crippen molar-refractivity contribution in [2.45, 2.75) is 0 Å². The van der Waals surface area contributed by atoms with E-state index in [2.05, 4.69) is 21.2 Å². The lowest BCUT2D eigenvalue weighted by molar-refractivity contribution is -0.139. The molecule has 0 radical (unpaired) electrons. The molecule has 29 heavy (non-hydrogen) atoms. The predicted molar refractivity (Wildman–Crippen MR) is 115 cm³/mol. The second-order valence-electron chi connectivity index (χ2n) is 5.81. The van der Waals surface area contributed by atoms with Crippen LogP contribution in [-0.2, 0) is 14.4 Å². The van der Waals surface area contributed by atoms with Gasteiger partial charge in [-0.15, -0.1) is 0 Å². The number of carbonyl (C=O) groups excluding carboxylic acids is 2. The number of hydrogen-bond acceptors (Lipinski definition) is 5. The first-order chi connectivity index (χ1) is 13.8. The summed E-state index contributed by atoms with van der Waals surface area (Å²) >= 11 is 14.6. The number of carbonyl (C=O) groups is 3. The molecule has 1 saturated heterocycles. The highest BCUT2D eigenvalue weighted by molar-refractivity contribution is 9.10. The van der Waals surface area contributed by atoms with Crippen molar-refractivity contribution < 1.29 is 24.2 Å². The van der Waals surface area contributed by atoms with Gasteiger partial charge < -0.3 is 9.84 Å². The van der Waals surface area contributed by atoms with Crippen LogP contribution >= 0.6 is 39.7 Å². The fraction of sp³-hybridized carbons (Fsp3) is 0.0526. The van der Waals surface area contributed by atoms with E-state index in [4.69, 9.17) is 33.7 Å². The smallest absolute Gasteiger partial charge is 0.341 e. The van der Waals surface area contributed by atoms with Crippen molar-refractivity contribution >= 4 is 74.4 Å². The van der Waals surface area contributed by atoms with Gasteiger partial charge in [-0.2, -0.15) is 0 Å².